The lowest BCUT2D eigenvalue weighted by Gasteiger charge is -2.15. The highest BCUT2D eigenvalue weighted by atomic mass is 16.4. The molecule has 0 aliphatic rings. The molecule has 0 aromatic heterocycles. The summed E-state index contributed by atoms with van der Waals surface area (Å²) >= 11 is 0. The van der Waals surface area contributed by atoms with E-state index >= 15 is 0 Å². The number of aldehydes is 1. The molecule has 0 amide bonds. The SMILES string of the molecule is [CH]C(=O)C(O)C(O)C(O)C=O. The van der Waals surface area contributed by atoms with Crippen LogP contribution in [0.25, 0.3) is 0 Å². The van der Waals surface area contributed by atoms with Crippen LogP contribution in [0.2, 0.25) is 0 Å². The molecule has 2 radical (unpaired) electrons. The zero-order chi connectivity index (χ0) is 9.02. The molecule has 0 rings (SSSR count). The van der Waals surface area contributed by atoms with E-state index in [-0.39, 0.29) is 6.29 Å². The summed E-state index contributed by atoms with van der Waals surface area (Å²) in [6.07, 6.45) is -5.57. The van der Waals surface area contributed by atoms with Gasteiger partial charge in [0.05, 0.1) is 0 Å². The van der Waals surface area contributed by atoms with Crippen molar-refractivity contribution < 1.29 is 24.9 Å². The maximum Gasteiger partial charge on any atom is 0.168 e. The van der Waals surface area contributed by atoms with Gasteiger partial charge in [-0.1, -0.05) is 0 Å². The Hall–Kier alpha value is -0.780. The average molecular weight is 160 g/mol. The van der Waals surface area contributed by atoms with Gasteiger partial charge in [-0.25, -0.2) is 0 Å². The van der Waals surface area contributed by atoms with Gasteiger partial charge in [0.25, 0.3) is 0 Å². The zero-order valence-electron chi connectivity index (χ0n) is 5.54. The first-order valence-electron chi connectivity index (χ1n) is 2.79. The molecule has 0 aromatic rings. The van der Waals surface area contributed by atoms with E-state index in [4.69, 9.17) is 15.3 Å². The van der Waals surface area contributed by atoms with E-state index in [2.05, 4.69) is 6.92 Å². The number of carbonyl (C=O) groups excluding carboxylic acids is 2. The summed E-state index contributed by atoms with van der Waals surface area (Å²) in [5, 5.41) is 25.9. The molecule has 0 aromatic carbocycles. The molecule has 3 unspecified atom stereocenters. The van der Waals surface area contributed by atoms with E-state index in [1.807, 2.05) is 0 Å². The summed E-state index contributed by atoms with van der Waals surface area (Å²) in [5.74, 6) is -1.20. The van der Waals surface area contributed by atoms with Gasteiger partial charge < -0.3 is 20.1 Å². The fraction of sp³-hybridized carbons (Fsp3) is 0.500. The number of Topliss-reactive ketones (excluding diaryl/α,β-unsaturated/α-hetero) is 1. The average Bonchev–Trinajstić information content (AvgIpc) is 2.00. The Morgan fingerprint density at radius 2 is 1.82 bits per heavy atom. The third-order valence-corrected chi connectivity index (χ3v) is 1.10. The monoisotopic (exact) mass is 160 g/mol. The largest absolute Gasteiger partial charge is 0.387 e. The normalized spacial score (nSPS) is 18.5. The molecule has 0 spiro atoms. The Balaban J connectivity index is 4.11. The number of carbonyl (C=O) groups is 2. The lowest BCUT2D eigenvalue weighted by molar-refractivity contribution is -0.138. The summed E-state index contributed by atoms with van der Waals surface area (Å²) in [4.78, 5) is 19.9. The second-order valence-corrected chi connectivity index (χ2v) is 1.96. The van der Waals surface area contributed by atoms with E-state index in [0.29, 0.717) is 0 Å². The topological polar surface area (TPSA) is 94.8 Å². The second-order valence-electron chi connectivity index (χ2n) is 1.96. The molecule has 0 heterocycles. The molecular weight excluding hydrogens is 152 g/mol. The van der Waals surface area contributed by atoms with Crippen LogP contribution in [0.1, 0.15) is 0 Å². The fourth-order valence-corrected chi connectivity index (χ4v) is 0.436. The standard InChI is InChI=1S/C6H8O5/c1-3(8)5(10)6(11)4(9)2-7/h1-2,4-6,9-11H. The Labute approximate surface area is 63.3 Å². The first kappa shape index (κ1) is 10.2. The molecule has 0 aliphatic heterocycles. The smallest absolute Gasteiger partial charge is 0.168 e. The first-order valence-corrected chi connectivity index (χ1v) is 2.79. The van der Waals surface area contributed by atoms with Crippen LogP contribution < -0.4 is 0 Å². The molecule has 11 heavy (non-hydrogen) atoms. The maximum absolute atomic E-state index is 10.1. The Bertz CT molecular complexity index is 155. The quantitative estimate of drug-likeness (QED) is 0.397. The predicted molar refractivity (Wildman–Crippen MR) is 33.4 cm³/mol. The van der Waals surface area contributed by atoms with Crippen LogP contribution in [0.4, 0.5) is 0 Å². The van der Waals surface area contributed by atoms with Gasteiger partial charge in [-0.2, -0.15) is 0 Å². The van der Waals surface area contributed by atoms with Crippen molar-refractivity contribution in [2.75, 3.05) is 0 Å². The van der Waals surface area contributed by atoms with Crippen LogP contribution in [-0.2, 0) is 9.59 Å². The third kappa shape index (κ3) is 2.75. The summed E-state index contributed by atoms with van der Waals surface area (Å²) < 4.78 is 0. The molecule has 3 atom stereocenters. The molecule has 62 valence electrons. The number of ketones is 1. The number of hydrogen-bond donors (Lipinski definition) is 3. The molecule has 5 nitrogen and oxygen atoms in total. The van der Waals surface area contributed by atoms with Crippen LogP contribution in [0.15, 0.2) is 0 Å². The predicted octanol–water partition coefficient (Wildman–Crippen LogP) is -2.45. The van der Waals surface area contributed by atoms with E-state index in [9.17, 15) is 9.59 Å². The van der Waals surface area contributed by atoms with Gasteiger partial charge in [0, 0.05) is 6.92 Å². The minimum atomic E-state index is -1.92. The highest BCUT2D eigenvalue weighted by Gasteiger charge is 2.27. The van der Waals surface area contributed by atoms with Crippen molar-refractivity contribution in [3.8, 4) is 0 Å². The molecule has 3 N–H and O–H groups in total. The van der Waals surface area contributed by atoms with Crippen molar-refractivity contribution in [3.05, 3.63) is 6.92 Å². The summed E-state index contributed by atoms with van der Waals surface area (Å²) in [6, 6.07) is 0. The van der Waals surface area contributed by atoms with Gasteiger partial charge in [0.1, 0.15) is 18.3 Å². The summed E-state index contributed by atoms with van der Waals surface area (Å²) in [7, 11) is 0. The van der Waals surface area contributed by atoms with E-state index in [1.54, 1.807) is 0 Å². The van der Waals surface area contributed by atoms with Crippen molar-refractivity contribution in [3.63, 3.8) is 0 Å². The fourth-order valence-electron chi connectivity index (χ4n) is 0.436. The van der Waals surface area contributed by atoms with Crippen LogP contribution >= 0.6 is 0 Å². The van der Waals surface area contributed by atoms with Gasteiger partial charge in [0.2, 0.25) is 0 Å². The maximum atomic E-state index is 10.1. The van der Waals surface area contributed by atoms with Crippen molar-refractivity contribution >= 4 is 12.1 Å². The zero-order valence-corrected chi connectivity index (χ0v) is 5.54. The highest BCUT2D eigenvalue weighted by Crippen LogP contribution is 1.98. The molecular formula is C6H8O5. The lowest BCUT2D eigenvalue weighted by atomic mass is 10.1. The number of rotatable bonds is 4. The van der Waals surface area contributed by atoms with E-state index in [0.717, 1.165) is 0 Å². The molecule has 0 aliphatic carbocycles. The van der Waals surface area contributed by atoms with Crippen LogP contribution in [0, 0.1) is 6.92 Å². The van der Waals surface area contributed by atoms with E-state index in [1.165, 1.54) is 0 Å². The molecule has 0 bridgehead atoms. The van der Waals surface area contributed by atoms with Crippen molar-refractivity contribution in [2.24, 2.45) is 0 Å². The summed E-state index contributed by atoms with van der Waals surface area (Å²) in [6.45, 7) is 4.55. The van der Waals surface area contributed by atoms with Gasteiger partial charge in [-0.15, -0.1) is 0 Å². The lowest BCUT2D eigenvalue weighted by Crippen LogP contribution is -2.42. The number of aliphatic hydroxyl groups excluding tert-OH is 3. The molecule has 5 heteroatoms. The Morgan fingerprint density at radius 3 is 2.09 bits per heavy atom. The van der Waals surface area contributed by atoms with Crippen molar-refractivity contribution in [2.45, 2.75) is 18.3 Å². The second kappa shape index (κ2) is 4.17. The van der Waals surface area contributed by atoms with Crippen LogP contribution in [0.3, 0.4) is 0 Å². The minimum Gasteiger partial charge on any atom is -0.387 e. The van der Waals surface area contributed by atoms with Gasteiger partial charge in [0.15, 0.2) is 12.1 Å². The van der Waals surface area contributed by atoms with Gasteiger partial charge >= 0.3 is 0 Å². The molecule has 0 saturated heterocycles. The Morgan fingerprint density at radius 1 is 1.36 bits per heavy atom. The number of aliphatic hydroxyl groups is 3. The van der Waals surface area contributed by atoms with Gasteiger partial charge in [-0.05, 0) is 0 Å². The van der Waals surface area contributed by atoms with Gasteiger partial charge in [-0.3, -0.25) is 4.79 Å². The van der Waals surface area contributed by atoms with Crippen molar-refractivity contribution in [1.82, 2.24) is 0 Å². The Kier molecular flexibility index (Phi) is 3.88. The van der Waals surface area contributed by atoms with E-state index < -0.39 is 24.1 Å². The number of hydrogen-bond acceptors (Lipinski definition) is 5. The van der Waals surface area contributed by atoms with Crippen LogP contribution in [-0.4, -0.2) is 45.7 Å². The molecule has 0 saturated carbocycles. The van der Waals surface area contributed by atoms with Crippen LogP contribution in [0.5, 0.6) is 0 Å². The third-order valence-electron chi connectivity index (χ3n) is 1.10. The van der Waals surface area contributed by atoms with Crippen molar-refractivity contribution in [1.29, 1.82) is 0 Å². The summed E-state index contributed by atoms with van der Waals surface area (Å²) in [5.41, 5.74) is 0. The molecule has 0 fully saturated rings. The minimum absolute atomic E-state index is 0.00315. The highest BCUT2D eigenvalue weighted by molar-refractivity contribution is 5.87. The first-order chi connectivity index (χ1) is 5.00.